The minimum absolute atomic E-state index is 0.0352. The molecule has 4 aliphatic rings. The van der Waals surface area contributed by atoms with E-state index in [0.717, 1.165) is 15.9 Å². The Kier molecular flexibility index (Phi) is 18.3. The van der Waals surface area contributed by atoms with Crippen molar-refractivity contribution in [3.63, 3.8) is 0 Å². The number of carboxylic acids is 1. The molecule has 0 saturated carbocycles. The van der Waals surface area contributed by atoms with Gasteiger partial charge in [0.05, 0.1) is 24.6 Å². The summed E-state index contributed by atoms with van der Waals surface area (Å²) >= 11 is 0. The zero-order valence-electron chi connectivity index (χ0n) is 41.2. The number of carbonyl (C=O) groups excluding carboxylic acids is 8. The Morgan fingerprint density at radius 2 is 1.49 bits per heavy atom. The van der Waals surface area contributed by atoms with Gasteiger partial charge >= 0.3 is 11.9 Å². The molecule has 0 spiro atoms. The molecule has 7 N–H and O–H groups in total. The van der Waals surface area contributed by atoms with E-state index in [1.54, 1.807) is 74.5 Å². The molecule has 2 aromatic carbocycles. The van der Waals surface area contributed by atoms with Gasteiger partial charge in [0.25, 0.3) is 0 Å². The molecule has 11 atom stereocenters. The summed E-state index contributed by atoms with van der Waals surface area (Å²) in [5, 5.41) is 50.6. The number of aliphatic hydroxyl groups excluding tert-OH is 3. The molecule has 3 fully saturated rings. The van der Waals surface area contributed by atoms with Crippen molar-refractivity contribution in [2.24, 2.45) is 11.8 Å². The summed E-state index contributed by atoms with van der Waals surface area (Å²) in [6.45, 7) is 5.11. The molecule has 4 heterocycles. The molecule has 0 aromatic heterocycles. The average Bonchev–Trinajstić information content (AvgIpc) is 3.36. The Bertz CT molecular complexity index is 2370. The Morgan fingerprint density at radius 3 is 2.12 bits per heavy atom. The van der Waals surface area contributed by atoms with E-state index in [4.69, 9.17) is 4.74 Å². The SMILES string of the molecule is CC(C)[C@H](CC(=O)N(C)[C@H](Cc1ccccc1)C(=O)N[C@@H]1C(=O)NCC(=O)N2CC[C@@H](O)C[C@@H]2C(=O)N[C@H](Cc2ccccc2)C(=O)N2CCCC[C@H]2C(=O)N2C(=C[C@@H](O)[C@@H](O)[C@@H]2C)C(=O)O[C@H]1C)C(=O)O. The molecule has 21 heteroatoms. The van der Waals surface area contributed by atoms with Gasteiger partial charge in [-0.1, -0.05) is 74.5 Å². The number of nitrogens with one attached hydrogen (secondary N) is 3. The van der Waals surface area contributed by atoms with Gasteiger partial charge in [0, 0.05) is 45.8 Å². The zero-order chi connectivity index (χ0) is 52.6. The largest absolute Gasteiger partial charge is 0.481 e. The highest BCUT2D eigenvalue weighted by Crippen LogP contribution is 2.30. The van der Waals surface area contributed by atoms with Crippen LogP contribution in [0.3, 0.4) is 0 Å². The van der Waals surface area contributed by atoms with Crippen molar-refractivity contribution >= 4 is 53.3 Å². The summed E-state index contributed by atoms with van der Waals surface area (Å²) < 4.78 is 5.87. The number of carbonyl (C=O) groups is 9. The average molecular weight is 1000 g/mol. The van der Waals surface area contributed by atoms with E-state index in [0.29, 0.717) is 24.0 Å². The maximum Gasteiger partial charge on any atom is 0.355 e. The number of ether oxygens (including phenoxy) is 1. The molecule has 2 aromatic rings. The fourth-order valence-electron chi connectivity index (χ4n) is 9.78. The number of cyclic esters (lactones) is 1. The third-order valence-electron chi connectivity index (χ3n) is 14.2. The second-order valence-electron chi connectivity index (χ2n) is 19.5. The smallest absolute Gasteiger partial charge is 0.355 e. The number of nitrogens with zero attached hydrogens (tertiary/aromatic N) is 4. The fourth-order valence-corrected chi connectivity index (χ4v) is 9.78. The molecule has 3 saturated heterocycles. The van der Waals surface area contributed by atoms with Crippen LogP contribution in [0, 0.1) is 11.8 Å². The van der Waals surface area contributed by atoms with Crippen molar-refractivity contribution in [3.8, 4) is 0 Å². The van der Waals surface area contributed by atoms with Gasteiger partial charge in [0.1, 0.15) is 54.2 Å². The number of aliphatic carboxylic acids is 1. The Hall–Kier alpha value is -6.71. The maximum absolute atomic E-state index is 15.0. The summed E-state index contributed by atoms with van der Waals surface area (Å²) in [4.78, 5) is 132. The predicted molar refractivity (Wildman–Crippen MR) is 256 cm³/mol. The first-order valence-corrected chi connectivity index (χ1v) is 24.5. The standard InChI is InChI=1S/C51H67N7O14/c1-28(2)34(50(69)70)25-41(61)55(5)37(23-32-16-10-7-11-17-32)45(64)54-43-30(4)72-51(71)39-26-40(60)44(63)29(3)58(39)49(68)36-18-12-13-20-57(36)48(67)35(22-31-14-8-6-9-15-31)53-46(65)38-24-33(59)19-21-56(38)42(62)27-52-47(43)66/h6-11,14-17,26,28-30,33-38,40,43-44,59-60,63H,12-13,18-25,27H2,1-5H3,(H,52,66)(H,53,65)(H,54,64)(H,69,70)/t29-,30-,33+,34-,35+,36-,37+,38+,40+,43-,44-/m0/s1. The number of carboxylic acid groups (broad SMARTS) is 1. The lowest BCUT2D eigenvalue weighted by molar-refractivity contribution is -0.159. The number of fused-ring (bicyclic) bond motifs is 3. The highest BCUT2D eigenvalue weighted by atomic mass is 16.5. The van der Waals surface area contributed by atoms with Gasteiger partial charge < -0.3 is 55.8 Å². The van der Waals surface area contributed by atoms with E-state index >= 15 is 0 Å². The van der Waals surface area contributed by atoms with Gasteiger partial charge in [-0.2, -0.15) is 0 Å². The van der Waals surface area contributed by atoms with Gasteiger partial charge in [0.15, 0.2) is 0 Å². The number of esters is 1. The van der Waals surface area contributed by atoms with Crippen LogP contribution in [0.2, 0.25) is 0 Å². The number of hydrogen-bond donors (Lipinski definition) is 7. The summed E-state index contributed by atoms with van der Waals surface area (Å²) in [5.41, 5.74) is 0.704. The van der Waals surface area contributed by atoms with Crippen LogP contribution in [0.4, 0.5) is 0 Å². The molecular formula is C51H67N7O14. The first-order chi connectivity index (χ1) is 34.2. The van der Waals surface area contributed by atoms with Crippen LogP contribution in [0.15, 0.2) is 72.4 Å². The van der Waals surface area contributed by atoms with Crippen LogP contribution < -0.4 is 16.0 Å². The lowest BCUT2D eigenvalue weighted by Crippen LogP contribution is -2.63. The van der Waals surface area contributed by atoms with Crippen molar-refractivity contribution in [2.45, 2.75) is 140 Å². The van der Waals surface area contributed by atoms with E-state index in [9.17, 15) is 63.6 Å². The number of piperidine rings is 2. The topological polar surface area (TPSA) is 293 Å². The second-order valence-corrected chi connectivity index (χ2v) is 19.5. The Morgan fingerprint density at radius 1 is 0.833 bits per heavy atom. The molecule has 390 valence electrons. The molecular weight excluding hydrogens is 935 g/mol. The number of rotatable bonds is 11. The molecule has 4 aliphatic heterocycles. The third-order valence-corrected chi connectivity index (χ3v) is 14.2. The van der Waals surface area contributed by atoms with Crippen LogP contribution in [0.1, 0.15) is 77.3 Å². The molecule has 7 amide bonds. The summed E-state index contributed by atoms with van der Waals surface area (Å²) in [6, 6.07) is 8.97. The zero-order valence-corrected chi connectivity index (χ0v) is 41.2. The monoisotopic (exact) mass is 1000 g/mol. The number of likely N-dealkylation sites (N-methyl/N-ethyl adjacent to an activating group) is 1. The molecule has 72 heavy (non-hydrogen) atoms. The summed E-state index contributed by atoms with van der Waals surface area (Å²) in [6.07, 6.45) is -4.73. The third kappa shape index (κ3) is 12.8. The van der Waals surface area contributed by atoms with E-state index in [1.807, 2.05) is 0 Å². The van der Waals surface area contributed by atoms with E-state index in [2.05, 4.69) is 16.0 Å². The number of aliphatic hydroxyl groups is 3. The molecule has 0 unspecified atom stereocenters. The second kappa shape index (κ2) is 24.1. The summed E-state index contributed by atoms with van der Waals surface area (Å²) in [7, 11) is 1.32. The normalized spacial score (nSPS) is 27.8. The molecule has 21 nitrogen and oxygen atoms in total. The van der Waals surface area contributed by atoms with Crippen LogP contribution in [-0.2, 0) is 60.7 Å². The van der Waals surface area contributed by atoms with Crippen molar-refractivity contribution in [1.82, 2.24) is 35.6 Å². The molecule has 6 rings (SSSR count). The Labute approximate surface area is 417 Å². The molecule has 0 bridgehead atoms. The van der Waals surface area contributed by atoms with Gasteiger partial charge in [-0.05, 0) is 62.7 Å². The minimum atomic E-state index is -1.84. The molecule has 0 aliphatic carbocycles. The molecule has 0 radical (unpaired) electrons. The van der Waals surface area contributed by atoms with Crippen molar-refractivity contribution < 1.29 is 68.3 Å². The van der Waals surface area contributed by atoms with Gasteiger partial charge in [-0.15, -0.1) is 0 Å². The first kappa shape index (κ1) is 54.6. The lowest BCUT2D eigenvalue weighted by atomic mass is 9.91. The van der Waals surface area contributed by atoms with Crippen LogP contribution in [0.5, 0.6) is 0 Å². The van der Waals surface area contributed by atoms with Gasteiger partial charge in [0.2, 0.25) is 41.4 Å². The van der Waals surface area contributed by atoms with Gasteiger partial charge in [-0.3, -0.25) is 43.3 Å². The van der Waals surface area contributed by atoms with Crippen LogP contribution >= 0.6 is 0 Å². The quantitative estimate of drug-likeness (QED) is 0.142. The highest BCUT2D eigenvalue weighted by Gasteiger charge is 2.47. The van der Waals surface area contributed by atoms with Crippen molar-refractivity contribution in [2.75, 3.05) is 26.7 Å². The van der Waals surface area contributed by atoms with E-state index in [1.165, 1.54) is 30.7 Å². The summed E-state index contributed by atoms with van der Waals surface area (Å²) in [5.74, 6) is -9.72. The highest BCUT2D eigenvalue weighted by molar-refractivity contribution is 6.00. The maximum atomic E-state index is 15.0. The predicted octanol–water partition coefficient (Wildman–Crippen LogP) is -0.354. The van der Waals surface area contributed by atoms with Crippen LogP contribution in [-0.4, -0.2) is 181 Å². The first-order valence-electron chi connectivity index (χ1n) is 24.5. The fraction of sp³-hybridized carbons (Fsp3) is 0.549. The van der Waals surface area contributed by atoms with E-state index < -0.39 is 144 Å². The van der Waals surface area contributed by atoms with Crippen molar-refractivity contribution in [1.29, 1.82) is 0 Å². The number of hydrogen-bond acceptors (Lipinski definition) is 13. The number of benzene rings is 2. The lowest BCUT2D eigenvalue weighted by Gasteiger charge is -2.44. The minimum Gasteiger partial charge on any atom is -0.481 e. The van der Waals surface area contributed by atoms with Crippen LogP contribution in [0.25, 0.3) is 0 Å². The number of amides is 7. The van der Waals surface area contributed by atoms with E-state index in [-0.39, 0.29) is 45.2 Å². The Balaban J connectivity index is 1.41. The van der Waals surface area contributed by atoms with Gasteiger partial charge in [-0.25, -0.2) is 4.79 Å². The van der Waals surface area contributed by atoms with Crippen molar-refractivity contribution in [3.05, 3.63) is 83.6 Å².